The second-order valence-corrected chi connectivity index (χ2v) is 2.90. The predicted octanol–water partition coefficient (Wildman–Crippen LogP) is 2.34. The van der Waals surface area contributed by atoms with Gasteiger partial charge in [-0.05, 0) is 26.7 Å². The number of allylic oxidation sites excluding steroid dienone is 1. The minimum atomic E-state index is 0.585. The summed E-state index contributed by atoms with van der Waals surface area (Å²) in [6, 6.07) is 0.585. The SMILES string of the molecule is C=CCCC(C)NCCC#CC. The first-order valence-electron chi connectivity index (χ1n) is 4.55. The van der Waals surface area contributed by atoms with E-state index in [1.54, 1.807) is 0 Å². The fraction of sp³-hybridized carbons (Fsp3) is 0.636. The zero-order chi connectivity index (χ0) is 9.23. The van der Waals surface area contributed by atoms with Crippen molar-refractivity contribution < 1.29 is 0 Å². The summed E-state index contributed by atoms with van der Waals surface area (Å²) in [5, 5.41) is 3.40. The molecule has 1 heteroatoms. The molecule has 0 rings (SSSR count). The van der Waals surface area contributed by atoms with Crippen molar-refractivity contribution in [2.24, 2.45) is 0 Å². The molecule has 12 heavy (non-hydrogen) atoms. The van der Waals surface area contributed by atoms with Gasteiger partial charge in [-0.2, -0.15) is 0 Å². The molecule has 1 unspecified atom stereocenters. The van der Waals surface area contributed by atoms with Crippen molar-refractivity contribution in [1.29, 1.82) is 0 Å². The summed E-state index contributed by atoms with van der Waals surface area (Å²) in [5.41, 5.74) is 0. The standard InChI is InChI=1S/C11H19N/c1-4-6-8-10-12-11(3)9-7-5-2/h5,11-12H,2,7-10H2,1,3H3. The Morgan fingerprint density at radius 3 is 2.92 bits per heavy atom. The molecule has 0 aliphatic heterocycles. The van der Waals surface area contributed by atoms with Crippen molar-refractivity contribution in [1.82, 2.24) is 5.32 Å². The van der Waals surface area contributed by atoms with Gasteiger partial charge >= 0.3 is 0 Å². The molecule has 0 bridgehead atoms. The monoisotopic (exact) mass is 165 g/mol. The molecule has 1 N–H and O–H groups in total. The molecule has 0 spiro atoms. The maximum Gasteiger partial charge on any atom is 0.0214 e. The molecule has 0 aromatic heterocycles. The Morgan fingerprint density at radius 2 is 2.33 bits per heavy atom. The van der Waals surface area contributed by atoms with Crippen molar-refractivity contribution in [2.75, 3.05) is 6.54 Å². The first kappa shape index (κ1) is 11.3. The molecular formula is C11H19N. The van der Waals surface area contributed by atoms with Crippen LogP contribution >= 0.6 is 0 Å². The minimum absolute atomic E-state index is 0.585. The van der Waals surface area contributed by atoms with E-state index in [1.165, 1.54) is 6.42 Å². The van der Waals surface area contributed by atoms with Gasteiger partial charge < -0.3 is 5.32 Å². The predicted molar refractivity (Wildman–Crippen MR) is 55.0 cm³/mol. The fourth-order valence-corrected chi connectivity index (χ4v) is 0.976. The Kier molecular flexibility index (Phi) is 7.84. The highest BCUT2D eigenvalue weighted by atomic mass is 14.9. The van der Waals surface area contributed by atoms with Gasteiger partial charge in [-0.1, -0.05) is 6.08 Å². The Hall–Kier alpha value is -0.740. The highest BCUT2D eigenvalue weighted by molar-refractivity contribution is 4.95. The lowest BCUT2D eigenvalue weighted by Gasteiger charge is -2.10. The molecule has 0 aliphatic carbocycles. The molecule has 0 radical (unpaired) electrons. The average Bonchev–Trinajstić information content (AvgIpc) is 2.09. The van der Waals surface area contributed by atoms with Gasteiger partial charge in [0.2, 0.25) is 0 Å². The van der Waals surface area contributed by atoms with Gasteiger partial charge in [-0.25, -0.2) is 0 Å². The maximum atomic E-state index is 3.69. The number of nitrogens with one attached hydrogen (secondary N) is 1. The molecule has 1 atom stereocenters. The van der Waals surface area contributed by atoms with Crippen LogP contribution in [-0.2, 0) is 0 Å². The molecule has 0 fully saturated rings. The zero-order valence-electron chi connectivity index (χ0n) is 8.19. The second-order valence-electron chi connectivity index (χ2n) is 2.90. The van der Waals surface area contributed by atoms with Gasteiger partial charge in [0.1, 0.15) is 0 Å². The summed E-state index contributed by atoms with van der Waals surface area (Å²) in [4.78, 5) is 0. The van der Waals surface area contributed by atoms with E-state index in [0.717, 1.165) is 19.4 Å². The van der Waals surface area contributed by atoms with E-state index in [9.17, 15) is 0 Å². The van der Waals surface area contributed by atoms with E-state index < -0.39 is 0 Å². The third-order valence-corrected chi connectivity index (χ3v) is 1.72. The van der Waals surface area contributed by atoms with Crippen molar-refractivity contribution in [2.45, 2.75) is 39.2 Å². The van der Waals surface area contributed by atoms with E-state index in [1.807, 2.05) is 13.0 Å². The van der Waals surface area contributed by atoms with Gasteiger partial charge in [0.25, 0.3) is 0 Å². The van der Waals surface area contributed by atoms with Crippen LogP contribution in [0.1, 0.15) is 33.1 Å². The lowest BCUT2D eigenvalue weighted by atomic mass is 10.2. The highest BCUT2D eigenvalue weighted by Crippen LogP contribution is 1.95. The molecule has 0 aromatic carbocycles. The number of hydrogen-bond donors (Lipinski definition) is 1. The molecule has 0 saturated carbocycles. The summed E-state index contributed by atoms with van der Waals surface area (Å²) in [7, 11) is 0. The topological polar surface area (TPSA) is 12.0 Å². The first-order chi connectivity index (χ1) is 5.81. The quantitative estimate of drug-likeness (QED) is 0.362. The van der Waals surface area contributed by atoms with Gasteiger partial charge in [-0.3, -0.25) is 0 Å². The Balaban J connectivity index is 3.22. The van der Waals surface area contributed by atoms with Crippen molar-refractivity contribution >= 4 is 0 Å². The van der Waals surface area contributed by atoms with E-state index in [0.29, 0.717) is 6.04 Å². The summed E-state index contributed by atoms with van der Waals surface area (Å²) >= 11 is 0. The van der Waals surface area contributed by atoms with Crippen LogP contribution in [0.3, 0.4) is 0 Å². The van der Waals surface area contributed by atoms with Gasteiger partial charge in [0.15, 0.2) is 0 Å². The van der Waals surface area contributed by atoms with E-state index >= 15 is 0 Å². The van der Waals surface area contributed by atoms with Crippen LogP contribution < -0.4 is 5.32 Å². The van der Waals surface area contributed by atoms with Crippen LogP contribution in [-0.4, -0.2) is 12.6 Å². The van der Waals surface area contributed by atoms with Gasteiger partial charge in [-0.15, -0.1) is 18.4 Å². The molecule has 1 nitrogen and oxygen atoms in total. The number of rotatable bonds is 6. The number of hydrogen-bond acceptors (Lipinski definition) is 1. The summed E-state index contributed by atoms with van der Waals surface area (Å²) in [6.07, 6.45) is 5.18. The van der Waals surface area contributed by atoms with Crippen LogP contribution in [0.4, 0.5) is 0 Å². The summed E-state index contributed by atoms with van der Waals surface area (Å²) in [5.74, 6) is 5.91. The highest BCUT2D eigenvalue weighted by Gasteiger charge is 1.96. The van der Waals surface area contributed by atoms with Crippen molar-refractivity contribution in [3.8, 4) is 11.8 Å². The van der Waals surface area contributed by atoms with Crippen LogP contribution in [0.15, 0.2) is 12.7 Å². The molecule has 0 aromatic rings. The third-order valence-electron chi connectivity index (χ3n) is 1.72. The smallest absolute Gasteiger partial charge is 0.0214 e. The van der Waals surface area contributed by atoms with Crippen LogP contribution in [0.2, 0.25) is 0 Å². The lowest BCUT2D eigenvalue weighted by Crippen LogP contribution is -2.26. The zero-order valence-corrected chi connectivity index (χ0v) is 8.19. The summed E-state index contributed by atoms with van der Waals surface area (Å²) < 4.78 is 0. The average molecular weight is 165 g/mol. The third kappa shape index (κ3) is 7.37. The normalized spacial score (nSPS) is 11.5. The van der Waals surface area contributed by atoms with Crippen LogP contribution in [0.25, 0.3) is 0 Å². The second kappa shape index (κ2) is 8.36. The molecule has 0 saturated heterocycles. The maximum absolute atomic E-state index is 3.69. The fourth-order valence-electron chi connectivity index (χ4n) is 0.976. The van der Waals surface area contributed by atoms with Crippen molar-refractivity contribution in [3.05, 3.63) is 12.7 Å². The Morgan fingerprint density at radius 1 is 1.58 bits per heavy atom. The van der Waals surface area contributed by atoms with E-state index in [2.05, 4.69) is 30.7 Å². The minimum Gasteiger partial charge on any atom is -0.313 e. The first-order valence-corrected chi connectivity index (χ1v) is 4.55. The molecule has 0 amide bonds. The van der Waals surface area contributed by atoms with Crippen molar-refractivity contribution in [3.63, 3.8) is 0 Å². The van der Waals surface area contributed by atoms with Crippen LogP contribution in [0.5, 0.6) is 0 Å². The van der Waals surface area contributed by atoms with Crippen LogP contribution in [0, 0.1) is 11.8 Å². The molecule has 0 heterocycles. The molecule has 68 valence electrons. The van der Waals surface area contributed by atoms with Gasteiger partial charge in [0, 0.05) is 19.0 Å². The van der Waals surface area contributed by atoms with E-state index in [4.69, 9.17) is 0 Å². The van der Waals surface area contributed by atoms with E-state index in [-0.39, 0.29) is 0 Å². The Labute approximate surface area is 76.2 Å². The summed E-state index contributed by atoms with van der Waals surface area (Å²) in [6.45, 7) is 8.76. The lowest BCUT2D eigenvalue weighted by molar-refractivity contribution is 0.526. The van der Waals surface area contributed by atoms with Gasteiger partial charge in [0.05, 0.1) is 0 Å². The Bertz CT molecular complexity index is 162. The largest absolute Gasteiger partial charge is 0.313 e. The molecular weight excluding hydrogens is 146 g/mol. The molecule has 0 aliphatic rings.